The molecule has 0 fully saturated rings. The van der Waals surface area contributed by atoms with E-state index >= 15 is 0 Å². The smallest absolute Gasteiger partial charge is 0.160 e. The van der Waals surface area contributed by atoms with Crippen LogP contribution in [0.5, 0.6) is 0 Å². The van der Waals surface area contributed by atoms with E-state index in [2.05, 4.69) is 127 Å². The third-order valence-electron chi connectivity index (χ3n) is 8.93. The first-order valence-corrected chi connectivity index (χ1v) is 16.1. The predicted molar refractivity (Wildman–Crippen MR) is 197 cm³/mol. The van der Waals surface area contributed by atoms with Crippen molar-refractivity contribution in [1.82, 2.24) is 19.9 Å². The van der Waals surface area contributed by atoms with Gasteiger partial charge in [0.2, 0.25) is 0 Å². The molecule has 0 saturated carbocycles. The maximum atomic E-state index is 5.18. The molecular weight excluding hydrogens is 585 g/mol. The van der Waals surface area contributed by atoms with Gasteiger partial charge in [0, 0.05) is 39.0 Å². The first kappa shape index (κ1) is 27.8. The van der Waals surface area contributed by atoms with E-state index in [-0.39, 0.29) is 0 Å². The minimum absolute atomic E-state index is 0.671. The van der Waals surface area contributed by atoms with Gasteiger partial charge in [-0.3, -0.25) is 4.98 Å². The summed E-state index contributed by atoms with van der Waals surface area (Å²) in [6, 6.07) is 56.6. The molecule has 0 saturated heterocycles. The molecule has 3 aromatic heterocycles. The fourth-order valence-electron chi connectivity index (χ4n) is 6.56. The molecule has 0 radical (unpaired) electrons. The van der Waals surface area contributed by atoms with Gasteiger partial charge >= 0.3 is 0 Å². The summed E-state index contributed by atoms with van der Waals surface area (Å²) in [5, 5.41) is 5.81. The van der Waals surface area contributed by atoms with Gasteiger partial charge in [0.15, 0.2) is 5.82 Å². The summed E-state index contributed by atoms with van der Waals surface area (Å²) in [7, 11) is 0. The summed E-state index contributed by atoms with van der Waals surface area (Å²) in [6.07, 6.45) is 1.85. The Hall–Kier alpha value is -6.52. The van der Waals surface area contributed by atoms with E-state index in [1.54, 1.807) is 0 Å². The van der Waals surface area contributed by atoms with Crippen molar-refractivity contribution in [3.63, 3.8) is 0 Å². The van der Waals surface area contributed by atoms with E-state index in [1.807, 2.05) is 42.6 Å². The lowest BCUT2D eigenvalue weighted by molar-refractivity contribution is 1.18. The number of benzene rings is 6. The molecule has 3 heterocycles. The average Bonchev–Trinajstić information content (AvgIpc) is 3.18. The van der Waals surface area contributed by atoms with E-state index < -0.39 is 0 Å². The van der Waals surface area contributed by atoms with Gasteiger partial charge in [-0.05, 0) is 46.2 Å². The van der Waals surface area contributed by atoms with Crippen LogP contribution < -0.4 is 0 Å². The molecule has 0 bridgehead atoms. The number of aromatic nitrogens is 4. The third-order valence-corrected chi connectivity index (χ3v) is 8.93. The molecule has 4 nitrogen and oxygen atoms in total. The van der Waals surface area contributed by atoms with Crippen molar-refractivity contribution in [3.8, 4) is 56.4 Å². The minimum Gasteiger partial charge on any atom is -0.255 e. The van der Waals surface area contributed by atoms with Crippen molar-refractivity contribution in [2.75, 3.05) is 0 Å². The van der Waals surface area contributed by atoms with E-state index in [0.29, 0.717) is 5.82 Å². The fourth-order valence-corrected chi connectivity index (χ4v) is 6.56. The Kier molecular flexibility index (Phi) is 6.76. The van der Waals surface area contributed by atoms with Gasteiger partial charge in [0.05, 0.1) is 28.3 Å². The summed E-state index contributed by atoms with van der Waals surface area (Å²) in [6.45, 7) is 0. The number of nitrogens with zero attached hydrogens (tertiary/aromatic N) is 4. The second kappa shape index (κ2) is 11.7. The highest BCUT2D eigenvalue weighted by atomic mass is 14.9. The molecular formula is C44H28N4. The van der Waals surface area contributed by atoms with Gasteiger partial charge in [0.1, 0.15) is 0 Å². The number of pyridine rings is 2. The van der Waals surface area contributed by atoms with E-state index in [4.69, 9.17) is 19.9 Å². The maximum absolute atomic E-state index is 5.18. The minimum atomic E-state index is 0.671. The van der Waals surface area contributed by atoms with Crippen molar-refractivity contribution >= 4 is 32.4 Å². The van der Waals surface area contributed by atoms with E-state index in [1.165, 1.54) is 21.7 Å². The summed E-state index contributed by atoms with van der Waals surface area (Å²) in [5.41, 5.74) is 9.55. The monoisotopic (exact) mass is 612 g/mol. The molecule has 0 atom stereocenters. The van der Waals surface area contributed by atoms with Crippen molar-refractivity contribution in [2.45, 2.75) is 0 Å². The Balaban J connectivity index is 1.21. The van der Waals surface area contributed by atoms with Crippen LogP contribution in [-0.4, -0.2) is 19.9 Å². The topological polar surface area (TPSA) is 51.6 Å². The molecule has 4 heteroatoms. The summed E-state index contributed by atoms with van der Waals surface area (Å²) in [4.78, 5) is 20.2. The molecule has 224 valence electrons. The van der Waals surface area contributed by atoms with Crippen LogP contribution in [0.2, 0.25) is 0 Å². The number of rotatable bonds is 5. The zero-order chi connectivity index (χ0) is 31.9. The Morgan fingerprint density at radius 3 is 1.77 bits per heavy atom. The van der Waals surface area contributed by atoms with Crippen molar-refractivity contribution in [3.05, 3.63) is 170 Å². The zero-order valence-corrected chi connectivity index (χ0v) is 26.0. The zero-order valence-electron chi connectivity index (χ0n) is 26.0. The molecule has 0 spiro atoms. The van der Waals surface area contributed by atoms with Gasteiger partial charge in [-0.25, -0.2) is 15.0 Å². The second-order valence-corrected chi connectivity index (χ2v) is 11.9. The standard InChI is InChI=1S/C44H28N4/c1-3-11-29(12-4-1)30-19-21-33(22-20-30)44-47-39(32-14-5-2-6-15-32)28-40(48-44)34-25-26-45-41(27-34)43-37-24-23-31-13-7-8-16-35(31)42(37)36-17-9-10-18-38(36)46-43/h1-28H. The molecule has 48 heavy (non-hydrogen) atoms. The van der Waals surface area contributed by atoms with Crippen LogP contribution >= 0.6 is 0 Å². The Morgan fingerprint density at radius 1 is 0.354 bits per heavy atom. The highest BCUT2D eigenvalue weighted by Gasteiger charge is 2.16. The average molecular weight is 613 g/mol. The van der Waals surface area contributed by atoms with Crippen LogP contribution in [0.3, 0.4) is 0 Å². The van der Waals surface area contributed by atoms with Crippen LogP contribution in [0.1, 0.15) is 0 Å². The first-order chi connectivity index (χ1) is 23.8. The van der Waals surface area contributed by atoms with Crippen molar-refractivity contribution in [2.24, 2.45) is 0 Å². The van der Waals surface area contributed by atoms with Gasteiger partial charge in [-0.15, -0.1) is 0 Å². The lowest BCUT2D eigenvalue weighted by Crippen LogP contribution is -1.97. The molecule has 6 aromatic carbocycles. The summed E-state index contributed by atoms with van der Waals surface area (Å²) >= 11 is 0. The van der Waals surface area contributed by atoms with Crippen LogP contribution in [-0.2, 0) is 0 Å². The number of hydrogen-bond donors (Lipinski definition) is 0. The van der Waals surface area contributed by atoms with Gasteiger partial charge in [-0.1, -0.05) is 140 Å². The summed E-state index contributed by atoms with van der Waals surface area (Å²) < 4.78 is 0. The Morgan fingerprint density at radius 2 is 0.979 bits per heavy atom. The SMILES string of the molecule is c1ccc(-c2ccc(-c3nc(-c4ccccc4)cc(-c4ccnc(-c5nc6ccccc6c6c5ccc5ccccc56)c4)n3)cc2)cc1. The third kappa shape index (κ3) is 4.97. The maximum Gasteiger partial charge on any atom is 0.160 e. The lowest BCUT2D eigenvalue weighted by atomic mass is 9.96. The number of hydrogen-bond acceptors (Lipinski definition) is 4. The Bertz CT molecular complexity index is 2580. The first-order valence-electron chi connectivity index (χ1n) is 16.1. The highest BCUT2D eigenvalue weighted by molar-refractivity contribution is 6.22. The van der Waals surface area contributed by atoms with Gasteiger partial charge in [0.25, 0.3) is 0 Å². The molecule has 0 aliphatic rings. The number of fused-ring (bicyclic) bond motifs is 5. The Labute approximate surface area is 278 Å². The van der Waals surface area contributed by atoms with Crippen LogP contribution in [0.4, 0.5) is 0 Å². The molecule has 0 amide bonds. The lowest BCUT2D eigenvalue weighted by Gasteiger charge is -2.13. The quantitative estimate of drug-likeness (QED) is 0.181. The van der Waals surface area contributed by atoms with Gasteiger partial charge < -0.3 is 0 Å². The predicted octanol–water partition coefficient (Wildman–Crippen LogP) is 11.1. The molecule has 0 N–H and O–H groups in total. The number of para-hydroxylation sites is 1. The van der Waals surface area contributed by atoms with Crippen molar-refractivity contribution < 1.29 is 0 Å². The van der Waals surface area contributed by atoms with E-state index in [9.17, 15) is 0 Å². The molecule has 0 unspecified atom stereocenters. The molecule has 9 rings (SSSR count). The highest BCUT2D eigenvalue weighted by Crippen LogP contribution is 2.37. The van der Waals surface area contributed by atoms with Crippen LogP contribution in [0, 0.1) is 0 Å². The summed E-state index contributed by atoms with van der Waals surface area (Å²) in [5.74, 6) is 0.671. The molecule has 9 aromatic rings. The second-order valence-electron chi connectivity index (χ2n) is 11.9. The van der Waals surface area contributed by atoms with Gasteiger partial charge in [-0.2, -0.15) is 0 Å². The van der Waals surface area contributed by atoms with Crippen LogP contribution in [0.25, 0.3) is 88.9 Å². The normalized spacial score (nSPS) is 11.3. The largest absolute Gasteiger partial charge is 0.255 e. The van der Waals surface area contributed by atoms with E-state index in [0.717, 1.165) is 61.3 Å². The van der Waals surface area contributed by atoms with Crippen molar-refractivity contribution in [1.29, 1.82) is 0 Å². The molecule has 0 aliphatic heterocycles. The molecule has 0 aliphatic carbocycles. The fraction of sp³-hybridized carbons (Fsp3) is 0. The van der Waals surface area contributed by atoms with Crippen LogP contribution in [0.15, 0.2) is 170 Å².